The van der Waals surface area contributed by atoms with E-state index >= 15 is 0 Å². The Kier molecular flexibility index (Phi) is 6.55. The Labute approximate surface area is 127 Å². The van der Waals surface area contributed by atoms with Crippen LogP contribution in [0.15, 0.2) is 42.5 Å². The second-order valence-electron chi connectivity index (χ2n) is 3.40. The van der Waals surface area contributed by atoms with E-state index in [1.165, 1.54) is 22.3 Å². The van der Waals surface area contributed by atoms with Gasteiger partial charge in [0.15, 0.2) is 0 Å². The molecule has 82 valence electrons. The van der Waals surface area contributed by atoms with Crippen molar-refractivity contribution in [2.75, 3.05) is 0 Å². The summed E-state index contributed by atoms with van der Waals surface area (Å²) < 4.78 is 0. The third-order valence-corrected chi connectivity index (χ3v) is 2.62. The van der Waals surface area contributed by atoms with Crippen LogP contribution in [-0.2, 0) is 32.6 Å². The molecule has 0 heterocycles. The average molecular weight is 329 g/mol. The van der Waals surface area contributed by atoms with Crippen LogP contribution in [0.3, 0.4) is 0 Å². The van der Waals surface area contributed by atoms with Crippen molar-refractivity contribution in [1.29, 1.82) is 0 Å². The molecule has 16 heavy (non-hydrogen) atoms. The number of benzene rings is 2. The van der Waals surface area contributed by atoms with Gasteiger partial charge in [-0.2, -0.15) is 29.8 Å². The van der Waals surface area contributed by atoms with Crippen molar-refractivity contribution >= 4 is 24.8 Å². The summed E-state index contributed by atoms with van der Waals surface area (Å²) in [5.74, 6) is 0. The zero-order chi connectivity index (χ0) is 8.67. The van der Waals surface area contributed by atoms with E-state index in [4.69, 9.17) is 0 Å². The Morgan fingerprint density at radius 3 is 2.38 bits per heavy atom. The fraction of sp³-hybridized carbons (Fsp3) is 0.0769. The fourth-order valence-corrected chi connectivity index (χ4v) is 2.00. The van der Waals surface area contributed by atoms with Crippen molar-refractivity contribution < 1.29 is 26.2 Å². The summed E-state index contributed by atoms with van der Waals surface area (Å²) in [5.41, 5.74) is 5.51. The first-order valence-electron chi connectivity index (χ1n) is 4.53. The molecule has 0 radical (unpaired) electrons. The van der Waals surface area contributed by atoms with Gasteiger partial charge in [0.1, 0.15) is 0 Å². The van der Waals surface area contributed by atoms with Gasteiger partial charge >= 0.3 is 0 Å². The maximum atomic E-state index is 3.30. The number of rotatable bonds is 0. The summed E-state index contributed by atoms with van der Waals surface area (Å²) in [6.07, 6.45) is 1.05. The van der Waals surface area contributed by atoms with Crippen molar-refractivity contribution in [2.45, 2.75) is 6.42 Å². The van der Waals surface area contributed by atoms with E-state index in [2.05, 4.69) is 42.5 Å². The van der Waals surface area contributed by atoms with Crippen LogP contribution < -0.4 is 0 Å². The average Bonchev–Trinajstić information content (AvgIpc) is 2.56. The summed E-state index contributed by atoms with van der Waals surface area (Å²) in [6.45, 7) is 0. The van der Waals surface area contributed by atoms with Gasteiger partial charge < -0.3 is 0 Å². The molecule has 0 saturated heterocycles. The molecule has 2 aromatic rings. The van der Waals surface area contributed by atoms with Crippen LogP contribution in [0, 0.1) is 6.07 Å². The second kappa shape index (κ2) is 6.59. The molecular weight excluding hydrogens is 318 g/mol. The van der Waals surface area contributed by atoms with Crippen molar-refractivity contribution in [1.82, 2.24) is 0 Å². The van der Waals surface area contributed by atoms with E-state index in [0.29, 0.717) is 0 Å². The van der Waals surface area contributed by atoms with Gasteiger partial charge in [-0.15, -0.1) is 30.4 Å². The largest absolute Gasteiger partial charge is 0.179 e. The van der Waals surface area contributed by atoms with Crippen molar-refractivity contribution in [2.24, 2.45) is 0 Å². The van der Waals surface area contributed by atoms with Gasteiger partial charge in [0.05, 0.1) is 0 Å². The minimum absolute atomic E-state index is 0. The monoisotopic (exact) mass is 327 g/mol. The minimum atomic E-state index is 0. The van der Waals surface area contributed by atoms with Gasteiger partial charge in [-0.25, -0.2) is 0 Å². The van der Waals surface area contributed by atoms with E-state index in [9.17, 15) is 0 Å². The number of hydrogen-bond acceptors (Lipinski definition) is 0. The van der Waals surface area contributed by atoms with Crippen LogP contribution in [-0.4, -0.2) is 0 Å². The van der Waals surface area contributed by atoms with Crippen LogP contribution in [0.5, 0.6) is 0 Å². The SMILES string of the molecule is Cl.Cl.[Zr].[c-]1cccc2c1Cc1ccccc1-2. The predicted molar refractivity (Wildman–Crippen MR) is 68.0 cm³/mol. The Morgan fingerprint density at radius 2 is 1.56 bits per heavy atom. The normalized spacial score (nSPS) is 10.0. The predicted octanol–water partition coefficient (Wildman–Crippen LogP) is 3.90. The second-order valence-corrected chi connectivity index (χ2v) is 3.40. The summed E-state index contributed by atoms with van der Waals surface area (Å²) >= 11 is 0. The molecular formula is C13H11Cl2Zr-. The van der Waals surface area contributed by atoms with Crippen molar-refractivity contribution in [3.63, 3.8) is 0 Å². The van der Waals surface area contributed by atoms with Crippen LogP contribution in [0.25, 0.3) is 11.1 Å². The Morgan fingerprint density at radius 1 is 0.875 bits per heavy atom. The molecule has 0 unspecified atom stereocenters. The molecule has 2 aromatic carbocycles. The van der Waals surface area contributed by atoms with Gasteiger partial charge in [0, 0.05) is 26.2 Å². The van der Waals surface area contributed by atoms with E-state index in [1.807, 2.05) is 6.07 Å². The molecule has 0 atom stereocenters. The molecule has 0 N–H and O–H groups in total. The molecule has 1 aliphatic carbocycles. The molecule has 0 saturated carbocycles. The maximum absolute atomic E-state index is 3.30. The van der Waals surface area contributed by atoms with E-state index in [1.54, 1.807) is 0 Å². The molecule has 0 fully saturated rings. The maximum Gasteiger partial charge on any atom is 0 e. The van der Waals surface area contributed by atoms with Gasteiger partial charge in [-0.3, -0.25) is 0 Å². The molecule has 0 nitrogen and oxygen atoms in total. The van der Waals surface area contributed by atoms with Gasteiger partial charge in [0.25, 0.3) is 0 Å². The standard InChI is InChI=1S/C13H9.2ClH.Zr/c1-3-7-12-10(5-1)9-11-6-2-4-8-13(11)12;;;/h1-5,7-8H,9H2;2*1H;/q-1;;;. The van der Waals surface area contributed by atoms with Gasteiger partial charge in [-0.05, 0) is 6.42 Å². The first-order valence-corrected chi connectivity index (χ1v) is 4.53. The first kappa shape index (κ1) is 15.9. The van der Waals surface area contributed by atoms with E-state index in [-0.39, 0.29) is 51.0 Å². The summed E-state index contributed by atoms with van der Waals surface area (Å²) in [5, 5.41) is 0. The fourth-order valence-electron chi connectivity index (χ4n) is 2.00. The molecule has 1 aliphatic rings. The number of fused-ring (bicyclic) bond motifs is 3. The van der Waals surface area contributed by atoms with Crippen molar-refractivity contribution in [3.8, 4) is 11.1 Å². The summed E-state index contributed by atoms with van der Waals surface area (Å²) in [7, 11) is 0. The Bertz CT molecular complexity index is 425. The third kappa shape index (κ3) is 2.59. The van der Waals surface area contributed by atoms with Crippen LogP contribution in [0.2, 0.25) is 0 Å². The topological polar surface area (TPSA) is 0 Å². The molecule has 0 spiro atoms. The van der Waals surface area contributed by atoms with Gasteiger partial charge in [0.2, 0.25) is 0 Å². The Hall–Kier alpha value is -0.0969. The summed E-state index contributed by atoms with van der Waals surface area (Å²) in [4.78, 5) is 0. The first-order chi connectivity index (χ1) is 6.45. The molecule has 0 bridgehead atoms. The number of hydrogen-bond donors (Lipinski definition) is 0. The molecule has 0 aromatic heterocycles. The zero-order valence-electron chi connectivity index (χ0n) is 8.57. The van der Waals surface area contributed by atoms with E-state index in [0.717, 1.165) is 6.42 Å². The molecule has 3 heteroatoms. The quantitative estimate of drug-likeness (QED) is 0.549. The third-order valence-electron chi connectivity index (χ3n) is 2.62. The minimum Gasteiger partial charge on any atom is -0.179 e. The number of halogens is 2. The molecule has 0 amide bonds. The van der Waals surface area contributed by atoms with Crippen molar-refractivity contribution in [3.05, 3.63) is 59.7 Å². The van der Waals surface area contributed by atoms with Crippen LogP contribution in [0.1, 0.15) is 11.1 Å². The zero-order valence-corrected chi connectivity index (χ0v) is 12.7. The summed E-state index contributed by atoms with van der Waals surface area (Å²) in [6, 6.07) is 18.1. The van der Waals surface area contributed by atoms with Gasteiger partial charge in [-0.1, -0.05) is 35.4 Å². The van der Waals surface area contributed by atoms with E-state index < -0.39 is 0 Å². The Balaban J connectivity index is 0.000000750. The molecule has 3 rings (SSSR count). The van der Waals surface area contributed by atoms with Crippen LogP contribution >= 0.6 is 24.8 Å². The smallest absolute Gasteiger partial charge is 0 e. The van der Waals surface area contributed by atoms with Crippen LogP contribution in [0.4, 0.5) is 0 Å². The molecule has 0 aliphatic heterocycles.